The fraction of sp³-hybridized carbons (Fsp3) is 0.533. The summed E-state index contributed by atoms with van der Waals surface area (Å²) in [6.07, 6.45) is 6.27. The van der Waals surface area contributed by atoms with Crippen molar-refractivity contribution < 1.29 is 4.74 Å². The van der Waals surface area contributed by atoms with Gasteiger partial charge in [-0.3, -0.25) is 0 Å². The number of hydrogen-bond donors (Lipinski definition) is 0. The Kier molecular flexibility index (Phi) is 4.49. The molecule has 0 heterocycles. The van der Waals surface area contributed by atoms with E-state index in [9.17, 15) is 0 Å². The van der Waals surface area contributed by atoms with E-state index in [2.05, 4.69) is 13.0 Å². The van der Waals surface area contributed by atoms with Crippen LogP contribution in [0.4, 0.5) is 0 Å². The smallest absolute Gasteiger partial charge is 0.138 e. The molecule has 2 nitrogen and oxygen atoms in total. The van der Waals surface area contributed by atoms with Crippen LogP contribution in [0.5, 0.6) is 5.75 Å². The quantitative estimate of drug-likeness (QED) is 0.801. The molecular weight excluding hydrogens is 246 g/mol. The number of hydrogen-bond acceptors (Lipinski definition) is 2. The summed E-state index contributed by atoms with van der Waals surface area (Å²) in [7, 11) is 0. The van der Waals surface area contributed by atoms with Crippen molar-refractivity contribution in [2.24, 2.45) is 5.92 Å². The van der Waals surface area contributed by atoms with Crippen LogP contribution in [0.3, 0.4) is 0 Å². The molecule has 2 rings (SSSR count). The first-order valence-electron chi connectivity index (χ1n) is 6.59. The van der Waals surface area contributed by atoms with Gasteiger partial charge in [-0.1, -0.05) is 31.4 Å². The molecule has 1 aliphatic rings. The van der Waals surface area contributed by atoms with Gasteiger partial charge in [0.1, 0.15) is 5.75 Å². The van der Waals surface area contributed by atoms with Crippen molar-refractivity contribution in [1.29, 1.82) is 5.26 Å². The molecule has 1 fully saturated rings. The Balaban J connectivity index is 2.03. The minimum atomic E-state index is 0.272. The van der Waals surface area contributed by atoms with Gasteiger partial charge in [0, 0.05) is 0 Å². The van der Waals surface area contributed by atoms with Crippen molar-refractivity contribution in [3.63, 3.8) is 0 Å². The van der Waals surface area contributed by atoms with Crippen molar-refractivity contribution in [1.82, 2.24) is 0 Å². The van der Waals surface area contributed by atoms with Crippen LogP contribution in [0.1, 0.15) is 44.6 Å². The first kappa shape index (κ1) is 13.2. The summed E-state index contributed by atoms with van der Waals surface area (Å²) in [5, 5.41) is 9.33. The predicted octanol–water partition coefficient (Wildman–Crippen LogP) is 4.56. The van der Waals surface area contributed by atoms with Gasteiger partial charge in [0.15, 0.2) is 0 Å². The van der Waals surface area contributed by atoms with Crippen molar-refractivity contribution in [3.05, 3.63) is 28.8 Å². The zero-order valence-corrected chi connectivity index (χ0v) is 11.4. The number of ether oxygens (including phenoxy) is 1. The molecule has 0 bridgehead atoms. The summed E-state index contributed by atoms with van der Waals surface area (Å²) >= 11 is 6.12. The van der Waals surface area contributed by atoms with Crippen LogP contribution >= 0.6 is 11.6 Å². The number of nitrogens with zero attached hydrogens (tertiary/aromatic N) is 1. The Morgan fingerprint density at radius 1 is 1.44 bits per heavy atom. The monoisotopic (exact) mass is 263 g/mol. The molecule has 18 heavy (non-hydrogen) atoms. The van der Waals surface area contributed by atoms with E-state index in [4.69, 9.17) is 21.6 Å². The molecule has 3 heteroatoms. The molecule has 96 valence electrons. The summed E-state index contributed by atoms with van der Waals surface area (Å²) in [6, 6.07) is 7.29. The standard InChI is InChI=1S/C15H18ClNO/c1-2-11-4-3-5-13(8-11)18-15-7-6-12(10-17)9-14(15)16/h6-7,9,11,13H,2-5,8H2,1H3. The maximum Gasteiger partial charge on any atom is 0.138 e. The summed E-state index contributed by atoms with van der Waals surface area (Å²) in [6.45, 7) is 2.24. The molecule has 0 aromatic heterocycles. The highest BCUT2D eigenvalue weighted by Gasteiger charge is 2.22. The third kappa shape index (κ3) is 3.17. The van der Waals surface area contributed by atoms with E-state index in [0.717, 1.165) is 18.8 Å². The lowest BCUT2D eigenvalue weighted by atomic mass is 9.85. The topological polar surface area (TPSA) is 33.0 Å². The van der Waals surface area contributed by atoms with Crippen molar-refractivity contribution in [2.75, 3.05) is 0 Å². The van der Waals surface area contributed by atoms with E-state index in [1.165, 1.54) is 19.3 Å². The van der Waals surface area contributed by atoms with E-state index in [0.29, 0.717) is 16.3 Å². The number of rotatable bonds is 3. The fourth-order valence-electron chi connectivity index (χ4n) is 2.57. The van der Waals surface area contributed by atoms with Crippen LogP contribution < -0.4 is 4.74 Å². The SMILES string of the molecule is CCC1CCCC(Oc2ccc(C#N)cc2Cl)C1. The molecule has 2 unspecified atom stereocenters. The minimum absolute atomic E-state index is 0.272. The minimum Gasteiger partial charge on any atom is -0.489 e. The van der Waals surface area contributed by atoms with Crippen LogP contribution in [0, 0.1) is 17.2 Å². The van der Waals surface area contributed by atoms with Gasteiger partial charge in [0.25, 0.3) is 0 Å². The average Bonchev–Trinajstić information content (AvgIpc) is 2.41. The predicted molar refractivity (Wildman–Crippen MR) is 72.8 cm³/mol. The van der Waals surface area contributed by atoms with Crippen LogP contribution in [-0.4, -0.2) is 6.10 Å². The second kappa shape index (κ2) is 6.11. The van der Waals surface area contributed by atoms with Crippen molar-refractivity contribution >= 4 is 11.6 Å². The van der Waals surface area contributed by atoms with E-state index in [1.807, 2.05) is 0 Å². The Morgan fingerprint density at radius 2 is 2.28 bits per heavy atom. The van der Waals surface area contributed by atoms with E-state index >= 15 is 0 Å². The van der Waals surface area contributed by atoms with Crippen LogP contribution in [0.15, 0.2) is 18.2 Å². The first-order chi connectivity index (χ1) is 8.72. The van der Waals surface area contributed by atoms with Crippen LogP contribution in [0.25, 0.3) is 0 Å². The molecule has 0 aliphatic heterocycles. The van der Waals surface area contributed by atoms with Crippen molar-refractivity contribution in [2.45, 2.75) is 45.1 Å². The second-order valence-corrected chi connectivity index (χ2v) is 5.34. The van der Waals surface area contributed by atoms with Gasteiger partial charge >= 0.3 is 0 Å². The summed E-state index contributed by atoms with van der Waals surface area (Å²) < 4.78 is 5.98. The molecule has 1 saturated carbocycles. The van der Waals surface area contributed by atoms with E-state index in [-0.39, 0.29) is 6.10 Å². The van der Waals surface area contributed by atoms with Gasteiger partial charge in [-0.05, 0) is 43.4 Å². The third-order valence-corrected chi connectivity index (χ3v) is 3.96. The lowest BCUT2D eigenvalue weighted by molar-refractivity contribution is 0.122. The normalized spacial score (nSPS) is 23.4. The van der Waals surface area contributed by atoms with Gasteiger partial charge in [0.05, 0.1) is 22.8 Å². The van der Waals surface area contributed by atoms with Crippen LogP contribution in [-0.2, 0) is 0 Å². The highest BCUT2D eigenvalue weighted by atomic mass is 35.5. The molecular formula is C15H18ClNO. The molecule has 1 aliphatic carbocycles. The molecule has 0 saturated heterocycles. The highest BCUT2D eigenvalue weighted by Crippen LogP contribution is 2.32. The van der Waals surface area contributed by atoms with Gasteiger partial charge < -0.3 is 4.74 Å². The maximum atomic E-state index is 8.79. The average molecular weight is 264 g/mol. The van der Waals surface area contributed by atoms with Crippen molar-refractivity contribution in [3.8, 4) is 11.8 Å². The number of halogens is 1. The zero-order valence-electron chi connectivity index (χ0n) is 10.7. The molecule has 0 spiro atoms. The largest absolute Gasteiger partial charge is 0.489 e. The van der Waals surface area contributed by atoms with Gasteiger partial charge in [0.2, 0.25) is 0 Å². The molecule has 1 aromatic rings. The van der Waals surface area contributed by atoms with E-state index in [1.54, 1.807) is 18.2 Å². The lowest BCUT2D eigenvalue weighted by Gasteiger charge is -2.29. The highest BCUT2D eigenvalue weighted by molar-refractivity contribution is 6.32. The maximum absolute atomic E-state index is 8.79. The van der Waals surface area contributed by atoms with Gasteiger partial charge in [-0.2, -0.15) is 5.26 Å². The number of nitriles is 1. The Morgan fingerprint density at radius 3 is 2.94 bits per heavy atom. The summed E-state index contributed by atoms with van der Waals surface area (Å²) in [5.74, 6) is 1.48. The third-order valence-electron chi connectivity index (χ3n) is 3.67. The number of benzene rings is 1. The lowest BCUT2D eigenvalue weighted by Crippen LogP contribution is -2.25. The fourth-order valence-corrected chi connectivity index (χ4v) is 2.79. The Hall–Kier alpha value is -1.20. The van der Waals surface area contributed by atoms with E-state index < -0.39 is 0 Å². The molecule has 0 N–H and O–H groups in total. The molecule has 1 aromatic carbocycles. The van der Waals surface area contributed by atoms with Gasteiger partial charge in [-0.15, -0.1) is 0 Å². The van der Waals surface area contributed by atoms with Gasteiger partial charge in [-0.25, -0.2) is 0 Å². The van der Waals surface area contributed by atoms with Crippen LogP contribution in [0.2, 0.25) is 5.02 Å². The zero-order chi connectivity index (χ0) is 13.0. The molecule has 2 atom stereocenters. The molecule has 0 amide bonds. The Bertz CT molecular complexity index is 452. The summed E-state index contributed by atoms with van der Waals surface area (Å²) in [4.78, 5) is 0. The molecule has 0 radical (unpaired) electrons. The Labute approximate surface area is 114 Å². The first-order valence-corrected chi connectivity index (χ1v) is 6.97. The summed E-state index contributed by atoms with van der Waals surface area (Å²) in [5.41, 5.74) is 0.572. The second-order valence-electron chi connectivity index (χ2n) is 4.94.